The summed E-state index contributed by atoms with van der Waals surface area (Å²) in [7, 11) is 3.21. The molecule has 1 saturated heterocycles. The van der Waals surface area contributed by atoms with E-state index < -0.39 is 0 Å². The predicted octanol–water partition coefficient (Wildman–Crippen LogP) is 0.311. The number of hydrogen-bond donors (Lipinski definition) is 1. The van der Waals surface area contributed by atoms with Gasteiger partial charge in [-0.3, -0.25) is 13.9 Å². The van der Waals surface area contributed by atoms with Crippen LogP contribution in [0.2, 0.25) is 0 Å². The Labute approximate surface area is 128 Å². The average Bonchev–Trinajstić information content (AvgIpc) is 2.91. The van der Waals surface area contributed by atoms with E-state index >= 15 is 0 Å². The molecular weight excluding hydrogens is 282 g/mol. The summed E-state index contributed by atoms with van der Waals surface area (Å²) in [6.07, 6.45) is 3.74. The van der Waals surface area contributed by atoms with Gasteiger partial charge in [0, 0.05) is 26.6 Å². The molecule has 1 fully saturated rings. The van der Waals surface area contributed by atoms with Crippen LogP contribution < -0.4 is 16.6 Å². The van der Waals surface area contributed by atoms with Crippen LogP contribution in [0.4, 0.5) is 0 Å². The second kappa shape index (κ2) is 5.72. The van der Waals surface area contributed by atoms with E-state index in [9.17, 15) is 9.59 Å². The Hall–Kier alpha value is -1.89. The zero-order chi connectivity index (χ0) is 15.9. The third-order valence-electron chi connectivity index (χ3n) is 4.51. The average molecular weight is 305 g/mol. The molecule has 2 aromatic rings. The van der Waals surface area contributed by atoms with Gasteiger partial charge in [-0.2, -0.15) is 0 Å². The van der Waals surface area contributed by atoms with Crippen LogP contribution in [-0.2, 0) is 20.5 Å². The van der Waals surface area contributed by atoms with E-state index in [-0.39, 0.29) is 17.3 Å². The Morgan fingerprint density at radius 3 is 2.50 bits per heavy atom. The summed E-state index contributed by atoms with van der Waals surface area (Å²) in [6, 6.07) is 0.276. The van der Waals surface area contributed by atoms with Crippen molar-refractivity contribution < 1.29 is 0 Å². The van der Waals surface area contributed by atoms with E-state index in [1.165, 1.54) is 16.2 Å². The third-order valence-corrected chi connectivity index (χ3v) is 4.51. The zero-order valence-electron chi connectivity index (χ0n) is 13.4. The second-order valence-electron chi connectivity index (χ2n) is 6.01. The molecule has 0 spiro atoms. The minimum Gasteiger partial charge on any atom is -0.319 e. The number of nitrogens with zero attached hydrogens (tertiary/aromatic N) is 4. The highest BCUT2D eigenvalue weighted by Crippen LogP contribution is 2.25. The SMILES string of the molecule is CCCc1nc2c(c(=O)n(C)c(=O)n2C)n1C1CCNCC1. The minimum absolute atomic E-state index is 0.244. The van der Waals surface area contributed by atoms with Gasteiger partial charge in [0.2, 0.25) is 0 Å². The molecule has 7 heteroatoms. The lowest BCUT2D eigenvalue weighted by atomic mass is 10.1. The molecule has 0 aliphatic carbocycles. The topological polar surface area (TPSA) is 73.8 Å². The first-order valence-electron chi connectivity index (χ1n) is 7.93. The number of rotatable bonds is 3. The van der Waals surface area contributed by atoms with E-state index in [4.69, 9.17) is 0 Å². The molecule has 0 saturated carbocycles. The molecule has 1 N–H and O–H groups in total. The summed E-state index contributed by atoms with van der Waals surface area (Å²) in [5.74, 6) is 0.919. The van der Waals surface area contributed by atoms with Gasteiger partial charge in [-0.25, -0.2) is 9.78 Å². The number of aromatic nitrogens is 4. The lowest BCUT2D eigenvalue weighted by Crippen LogP contribution is -2.38. The molecule has 3 heterocycles. The summed E-state index contributed by atoms with van der Waals surface area (Å²) in [5, 5.41) is 3.35. The van der Waals surface area contributed by atoms with Gasteiger partial charge < -0.3 is 9.88 Å². The first-order valence-corrected chi connectivity index (χ1v) is 7.93. The maximum absolute atomic E-state index is 12.7. The Morgan fingerprint density at radius 1 is 1.18 bits per heavy atom. The summed E-state index contributed by atoms with van der Waals surface area (Å²) in [6.45, 7) is 3.99. The van der Waals surface area contributed by atoms with Gasteiger partial charge >= 0.3 is 5.69 Å². The Kier molecular flexibility index (Phi) is 3.90. The highest BCUT2D eigenvalue weighted by atomic mass is 16.2. The van der Waals surface area contributed by atoms with E-state index in [1.807, 2.05) is 0 Å². The van der Waals surface area contributed by atoms with E-state index in [1.54, 1.807) is 7.05 Å². The number of fused-ring (bicyclic) bond motifs is 1. The molecule has 0 amide bonds. The second-order valence-corrected chi connectivity index (χ2v) is 6.01. The van der Waals surface area contributed by atoms with Crippen molar-refractivity contribution in [2.45, 2.75) is 38.6 Å². The normalized spacial score (nSPS) is 16.5. The number of imidazole rings is 1. The summed E-state index contributed by atoms with van der Waals surface area (Å²) in [4.78, 5) is 29.4. The lowest BCUT2D eigenvalue weighted by Gasteiger charge is -2.26. The first kappa shape index (κ1) is 15.0. The Morgan fingerprint density at radius 2 is 1.86 bits per heavy atom. The van der Waals surface area contributed by atoms with Crippen LogP contribution in [0.5, 0.6) is 0 Å². The van der Waals surface area contributed by atoms with Gasteiger partial charge in [-0.15, -0.1) is 0 Å². The molecule has 3 rings (SSSR count). The monoisotopic (exact) mass is 305 g/mol. The van der Waals surface area contributed by atoms with Gasteiger partial charge in [0.25, 0.3) is 5.56 Å². The molecule has 120 valence electrons. The van der Waals surface area contributed by atoms with Gasteiger partial charge in [-0.05, 0) is 32.4 Å². The molecule has 1 aliphatic heterocycles. The van der Waals surface area contributed by atoms with Crippen LogP contribution in [-0.4, -0.2) is 31.8 Å². The molecular formula is C15H23N5O2. The molecule has 1 aliphatic rings. The fourth-order valence-corrected chi connectivity index (χ4v) is 3.32. The van der Waals surface area contributed by atoms with Crippen molar-refractivity contribution in [3.05, 3.63) is 26.7 Å². The molecule has 0 radical (unpaired) electrons. The number of nitrogens with one attached hydrogen (secondary N) is 1. The highest BCUT2D eigenvalue weighted by Gasteiger charge is 2.24. The van der Waals surface area contributed by atoms with Crippen molar-refractivity contribution in [1.82, 2.24) is 24.0 Å². The number of aryl methyl sites for hydroxylation is 2. The maximum atomic E-state index is 12.7. The van der Waals surface area contributed by atoms with Crippen LogP contribution in [0.1, 0.15) is 38.1 Å². The van der Waals surface area contributed by atoms with Crippen LogP contribution in [0, 0.1) is 0 Å². The van der Waals surface area contributed by atoms with Crippen molar-refractivity contribution >= 4 is 11.2 Å². The molecule has 7 nitrogen and oxygen atoms in total. The van der Waals surface area contributed by atoms with Crippen molar-refractivity contribution in [3.63, 3.8) is 0 Å². The standard InChI is InChI=1S/C15H23N5O2/c1-4-5-11-17-13-12(14(21)19(3)15(22)18(13)2)20(11)10-6-8-16-9-7-10/h10,16H,4-9H2,1-3H3. The quantitative estimate of drug-likeness (QED) is 0.886. The summed E-state index contributed by atoms with van der Waals surface area (Å²) < 4.78 is 4.76. The molecule has 22 heavy (non-hydrogen) atoms. The number of hydrogen-bond acceptors (Lipinski definition) is 4. The molecule has 0 unspecified atom stereocenters. The predicted molar refractivity (Wildman–Crippen MR) is 85.4 cm³/mol. The lowest BCUT2D eigenvalue weighted by molar-refractivity contribution is 0.366. The fraction of sp³-hybridized carbons (Fsp3) is 0.667. The summed E-state index contributed by atoms with van der Waals surface area (Å²) in [5.41, 5.74) is 0.511. The first-order chi connectivity index (χ1) is 10.6. The minimum atomic E-state index is -0.324. The van der Waals surface area contributed by atoms with Crippen LogP contribution in [0.25, 0.3) is 11.2 Å². The van der Waals surface area contributed by atoms with Crippen LogP contribution in [0.3, 0.4) is 0 Å². The van der Waals surface area contributed by atoms with Gasteiger partial charge in [-0.1, -0.05) is 6.92 Å². The fourth-order valence-electron chi connectivity index (χ4n) is 3.32. The van der Waals surface area contributed by atoms with E-state index in [0.29, 0.717) is 11.2 Å². The molecule has 0 atom stereocenters. The van der Waals surface area contributed by atoms with Crippen LogP contribution >= 0.6 is 0 Å². The largest absolute Gasteiger partial charge is 0.332 e. The number of piperidine rings is 1. The van der Waals surface area contributed by atoms with Crippen molar-refractivity contribution in [3.8, 4) is 0 Å². The van der Waals surface area contributed by atoms with E-state index in [0.717, 1.165) is 44.6 Å². The van der Waals surface area contributed by atoms with Crippen molar-refractivity contribution in [2.75, 3.05) is 13.1 Å². The summed E-state index contributed by atoms with van der Waals surface area (Å²) >= 11 is 0. The molecule has 0 aromatic carbocycles. The smallest absolute Gasteiger partial charge is 0.319 e. The zero-order valence-corrected chi connectivity index (χ0v) is 13.4. The van der Waals surface area contributed by atoms with Crippen LogP contribution in [0.15, 0.2) is 9.59 Å². The van der Waals surface area contributed by atoms with Gasteiger partial charge in [0.15, 0.2) is 11.2 Å². The Balaban J connectivity index is 2.34. The highest BCUT2D eigenvalue weighted by molar-refractivity contribution is 5.71. The van der Waals surface area contributed by atoms with Gasteiger partial charge in [0.05, 0.1) is 0 Å². The van der Waals surface area contributed by atoms with Crippen molar-refractivity contribution in [2.24, 2.45) is 14.1 Å². The molecule has 0 bridgehead atoms. The van der Waals surface area contributed by atoms with Crippen molar-refractivity contribution in [1.29, 1.82) is 0 Å². The molecule has 2 aromatic heterocycles. The van der Waals surface area contributed by atoms with E-state index in [2.05, 4.69) is 21.8 Å². The third kappa shape index (κ3) is 2.20. The maximum Gasteiger partial charge on any atom is 0.332 e. The van der Waals surface area contributed by atoms with Gasteiger partial charge in [0.1, 0.15) is 5.82 Å². The Bertz CT molecular complexity index is 808.